The molecule has 94 valence electrons. The number of ether oxygens (including phenoxy) is 2. The molecule has 0 radical (unpaired) electrons. The smallest absolute Gasteiger partial charge is 0.0808 e. The number of rotatable bonds is 6. The molecule has 0 amide bonds. The number of hydrogen-bond donors (Lipinski definition) is 1. The molecule has 0 bridgehead atoms. The monoisotopic (exact) mass is 227 g/mol. The van der Waals surface area contributed by atoms with Gasteiger partial charge in [-0.05, 0) is 51.5 Å². The standard InChI is InChI=1S/C13H25NO2/c1-2-10-16-13(7-1)11-15-9-4-6-12-5-3-8-14-12/h12-14H,1-11H2. The zero-order valence-corrected chi connectivity index (χ0v) is 10.2. The van der Waals surface area contributed by atoms with Gasteiger partial charge in [-0.3, -0.25) is 0 Å². The number of nitrogens with one attached hydrogen (secondary N) is 1. The van der Waals surface area contributed by atoms with Gasteiger partial charge in [-0.15, -0.1) is 0 Å². The molecule has 16 heavy (non-hydrogen) atoms. The van der Waals surface area contributed by atoms with Crippen LogP contribution in [0.4, 0.5) is 0 Å². The van der Waals surface area contributed by atoms with Crippen molar-refractivity contribution < 1.29 is 9.47 Å². The Kier molecular flexibility index (Phi) is 5.59. The van der Waals surface area contributed by atoms with Crippen LogP contribution in [0.3, 0.4) is 0 Å². The summed E-state index contributed by atoms with van der Waals surface area (Å²) in [6.07, 6.45) is 9.25. The summed E-state index contributed by atoms with van der Waals surface area (Å²) < 4.78 is 11.3. The van der Waals surface area contributed by atoms with E-state index in [4.69, 9.17) is 9.47 Å². The molecule has 2 unspecified atom stereocenters. The minimum atomic E-state index is 0.373. The second kappa shape index (κ2) is 7.25. The van der Waals surface area contributed by atoms with Gasteiger partial charge in [0.05, 0.1) is 12.7 Å². The third kappa shape index (κ3) is 4.40. The van der Waals surface area contributed by atoms with E-state index in [9.17, 15) is 0 Å². The summed E-state index contributed by atoms with van der Waals surface area (Å²) in [4.78, 5) is 0. The van der Waals surface area contributed by atoms with Crippen molar-refractivity contribution in [1.82, 2.24) is 5.32 Å². The van der Waals surface area contributed by atoms with Gasteiger partial charge in [0.15, 0.2) is 0 Å². The maximum absolute atomic E-state index is 5.68. The van der Waals surface area contributed by atoms with E-state index in [0.717, 1.165) is 25.9 Å². The van der Waals surface area contributed by atoms with Crippen molar-refractivity contribution >= 4 is 0 Å². The first-order valence-electron chi connectivity index (χ1n) is 6.88. The van der Waals surface area contributed by atoms with Crippen molar-refractivity contribution in [1.29, 1.82) is 0 Å². The first-order valence-corrected chi connectivity index (χ1v) is 6.88. The van der Waals surface area contributed by atoms with Crippen LogP contribution in [0.25, 0.3) is 0 Å². The fourth-order valence-electron chi connectivity index (χ4n) is 2.59. The molecular formula is C13H25NO2. The highest BCUT2D eigenvalue weighted by Gasteiger charge is 2.15. The van der Waals surface area contributed by atoms with Gasteiger partial charge in [-0.2, -0.15) is 0 Å². The van der Waals surface area contributed by atoms with Gasteiger partial charge in [0.2, 0.25) is 0 Å². The van der Waals surface area contributed by atoms with Crippen LogP contribution in [-0.4, -0.2) is 38.5 Å². The van der Waals surface area contributed by atoms with Crippen LogP contribution in [0.15, 0.2) is 0 Å². The van der Waals surface area contributed by atoms with E-state index in [-0.39, 0.29) is 0 Å². The SMILES string of the molecule is C1CCC(COCCCC2CCCN2)OC1. The Hall–Kier alpha value is -0.120. The molecule has 3 nitrogen and oxygen atoms in total. The van der Waals surface area contributed by atoms with E-state index in [1.54, 1.807) is 0 Å². The summed E-state index contributed by atoms with van der Waals surface area (Å²) in [5.41, 5.74) is 0. The summed E-state index contributed by atoms with van der Waals surface area (Å²) in [5.74, 6) is 0. The van der Waals surface area contributed by atoms with Crippen molar-refractivity contribution in [2.45, 2.75) is 57.1 Å². The molecule has 0 aromatic heterocycles. The third-order valence-electron chi connectivity index (χ3n) is 3.58. The van der Waals surface area contributed by atoms with Crippen molar-refractivity contribution in [3.8, 4) is 0 Å². The molecule has 2 aliphatic rings. The average Bonchev–Trinajstić information content (AvgIpc) is 2.83. The Morgan fingerprint density at radius 3 is 2.94 bits per heavy atom. The first kappa shape index (κ1) is 12.3. The summed E-state index contributed by atoms with van der Waals surface area (Å²) in [6.45, 7) is 3.84. The molecular weight excluding hydrogens is 202 g/mol. The highest BCUT2D eigenvalue weighted by atomic mass is 16.5. The first-order chi connectivity index (χ1) is 7.95. The average molecular weight is 227 g/mol. The van der Waals surface area contributed by atoms with E-state index in [1.807, 2.05) is 0 Å². The van der Waals surface area contributed by atoms with Gasteiger partial charge in [-0.25, -0.2) is 0 Å². The van der Waals surface area contributed by atoms with Gasteiger partial charge < -0.3 is 14.8 Å². The lowest BCUT2D eigenvalue weighted by molar-refractivity contribution is -0.0412. The Morgan fingerprint density at radius 1 is 1.19 bits per heavy atom. The lowest BCUT2D eigenvalue weighted by Crippen LogP contribution is -2.25. The van der Waals surface area contributed by atoms with Gasteiger partial charge in [0.1, 0.15) is 0 Å². The van der Waals surface area contributed by atoms with Gasteiger partial charge in [0.25, 0.3) is 0 Å². The van der Waals surface area contributed by atoms with E-state index in [2.05, 4.69) is 5.32 Å². The van der Waals surface area contributed by atoms with E-state index >= 15 is 0 Å². The van der Waals surface area contributed by atoms with Crippen LogP contribution in [0.1, 0.15) is 44.9 Å². The molecule has 0 aromatic carbocycles. The fourth-order valence-corrected chi connectivity index (χ4v) is 2.59. The van der Waals surface area contributed by atoms with Crippen molar-refractivity contribution in [3.63, 3.8) is 0 Å². The zero-order chi connectivity index (χ0) is 11.1. The molecule has 2 saturated heterocycles. The second-order valence-corrected chi connectivity index (χ2v) is 5.00. The Labute approximate surface area is 98.9 Å². The molecule has 2 atom stereocenters. The third-order valence-corrected chi connectivity index (χ3v) is 3.58. The Balaban J connectivity index is 1.42. The fraction of sp³-hybridized carbons (Fsp3) is 1.00. The summed E-state index contributed by atoms with van der Waals surface area (Å²) >= 11 is 0. The van der Waals surface area contributed by atoms with Crippen LogP contribution in [0, 0.1) is 0 Å². The molecule has 2 aliphatic heterocycles. The van der Waals surface area contributed by atoms with Crippen molar-refractivity contribution in [2.24, 2.45) is 0 Å². The number of hydrogen-bond acceptors (Lipinski definition) is 3. The van der Waals surface area contributed by atoms with E-state index in [1.165, 1.54) is 51.5 Å². The topological polar surface area (TPSA) is 30.5 Å². The van der Waals surface area contributed by atoms with Gasteiger partial charge >= 0.3 is 0 Å². The zero-order valence-electron chi connectivity index (χ0n) is 10.2. The Bertz CT molecular complexity index is 175. The highest BCUT2D eigenvalue weighted by Crippen LogP contribution is 2.13. The lowest BCUT2D eigenvalue weighted by atomic mass is 10.1. The second-order valence-electron chi connectivity index (χ2n) is 5.00. The molecule has 0 spiro atoms. The minimum Gasteiger partial charge on any atom is -0.379 e. The lowest BCUT2D eigenvalue weighted by Gasteiger charge is -2.22. The van der Waals surface area contributed by atoms with Crippen LogP contribution in [0.2, 0.25) is 0 Å². The molecule has 1 N–H and O–H groups in total. The maximum Gasteiger partial charge on any atom is 0.0808 e. The van der Waals surface area contributed by atoms with Crippen LogP contribution in [0.5, 0.6) is 0 Å². The Morgan fingerprint density at radius 2 is 2.19 bits per heavy atom. The predicted octanol–water partition coefficient (Wildman–Crippen LogP) is 2.10. The van der Waals surface area contributed by atoms with Crippen LogP contribution in [-0.2, 0) is 9.47 Å². The maximum atomic E-state index is 5.68. The molecule has 0 saturated carbocycles. The van der Waals surface area contributed by atoms with Crippen LogP contribution >= 0.6 is 0 Å². The summed E-state index contributed by atoms with van der Waals surface area (Å²) in [5, 5.41) is 3.52. The molecule has 0 aliphatic carbocycles. The van der Waals surface area contributed by atoms with E-state index < -0.39 is 0 Å². The molecule has 2 rings (SSSR count). The van der Waals surface area contributed by atoms with Gasteiger partial charge in [0, 0.05) is 19.3 Å². The predicted molar refractivity (Wildman–Crippen MR) is 64.7 cm³/mol. The molecule has 0 aromatic rings. The van der Waals surface area contributed by atoms with Crippen molar-refractivity contribution in [2.75, 3.05) is 26.4 Å². The largest absolute Gasteiger partial charge is 0.379 e. The highest BCUT2D eigenvalue weighted by molar-refractivity contribution is 4.73. The van der Waals surface area contributed by atoms with Crippen molar-refractivity contribution in [3.05, 3.63) is 0 Å². The molecule has 2 heterocycles. The van der Waals surface area contributed by atoms with Crippen LogP contribution < -0.4 is 5.32 Å². The molecule has 2 fully saturated rings. The normalized spacial score (nSPS) is 30.8. The van der Waals surface area contributed by atoms with E-state index in [0.29, 0.717) is 6.10 Å². The molecule has 3 heteroatoms. The quantitative estimate of drug-likeness (QED) is 0.705. The summed E-state index contributed by atoms with van der Waals surface area (Å²) in [6, 6.07) is 0.759. The summed E-state index contributed by atoms with van der Waals surface area (Å²) in [7, 11) is 0. The van der Waals surface area contributed by atoms with Gasteiger partial charge in [-0.1, -0.05) is 0 Å². The minimum absolute atomic E-state index is 0.373.